The molecule has 2 aliphatic rings. The van der Waals surface area contributed by atoms with Gasteiger partial charge in [0.25, 0.3) is 0 Å². The van der Waals surface area contributed by atoms with E-state index >= 15 is 0 Å². The number of hydrogen-bond donors (Lipinski definition) is 1. The lowest BCUT2D eigenvalue weighted by atomic mass is 9.72. The van der Waals surface area contributed by atoms with Crippen LogP contribution in [0.3, 0.4) is 0 Å². The van der Waals surface area contributed by atoms with Crippen molar-refractivity contribution >= 4 is 5.97 Å². The third-order valence-corrected chi connectivity index (χ3v) is 4.13. The number of ether oxygens (including phenoxy) is 2. The molecule has 0 spiro atoms. The highest BCUT2D eigenvalue weighted by molar-refractivity contribution is 5.82. The molecule has 0 radical (unpaired) electrons. The van der Waals surface area contributed by atoms with Gasteiger partial charge < -0.3 is 14.8 Å². The highest BCUT2D eigenvalue weighted by atomic mass is 16.5. The van der Waals surface area contributed by atoms with Gasteiger partial charge in [-0.3, -0.25) is 9.69 Å². The van der Waals surface area contributed by atoms with Crippen molar-refractivity contribution in [3.05, 3.63) is 0 Å². The molecule has 0 amide bonds. The van der Waals surface area contributed by atoms with E-state index in [2.05, 4.69) is 10.2 Å². The summed E-state index contributed by atoms with van der Waals surface area (Å²) in [6.45, 7) is 8.89. The number of carbonyl (C=O) groups excluding carboxylic acids is 1. The van der Waals surface area contributed by atoms with Crippen molar-refractivity contribution in [2.45, 2.75) is 44.8 Å². The summed E-state index contributed by atoms with van der Waals surface area (Å²) in [5.74, 6) is -0.0622. The number of carbonyl (C=O) groups is 1. The van der Waals surface area contributed by atoms with Gasteiger partial charge in [0.1, 0.15) is 5.54 Å². The molecular weight excluding hydrogens is 244 g/mol. The average Bonchev–Trinajstić information content (AvgIpc) is 2.62. The van der Waals surface area contributed by atoms with E-state index in [0.717, 1.165) is 45.4 Å². The molecule has 1 N–H and O–H groups in total. The minimum Gasteiger partial charge on any atom is -0.465 e. The maximum Gasteiger partial charge on any atom is 0.326 e. The number of nitrogens with one attached hydrogen (secondary N) is 1. The normalized spacial score (nSPS) is 32.4. The Bertz CT molecular complexity index is 295. The first kappa shape index (κ1) is 14.8. The van der Waals surface area contributed by atoms with Crippen molar-refractivity contribution in [2.24, 2.45) is 0 Å². The first-order valence-corrected chi connectivity index (χ1v) is 7.47. The van der Waals surface area contributed by atoms with E-state index in [0.29, 0.717) is 13.2 Å². The Morgan fingerprint density at radius 2 is 2.05 bits per heavy atom. The summed E-state index contributed by atoms with van der Waals surface area (Å²) in [5, 5.41) is 3.38. The van der Waals surface area contributed by atoms with Crippen molar-refractivity contribution in [3.8, 4) is 0 Å². The lowest BCUT2D eigenvalue weighted by molar-refractivity contribution is -0.178. The quantitative estimate of drug-likeness (QED) is 0.748. The Morgan fingerprint density at radius 1 is 1.26 bits per heavy atom. The fourth-order valence-electron chi connectivity index (χ4n) is 3.14. The van der Waals surface area contributed by atoms with Gasteiger partial charge in [-0.05, 0) is 26.8 Å². The van der Waals surface area contributed by atoms with E-state index in [4.69, 9.17) is 9.47 Å². The third-order valence-electron chi connectivity index (χ3n) is 4.13. The Labute approximate surface area is 115 Å². The van der Waals surface area contributed by atoms with Crippen LogP contribution in [0.25, 0.3) is 0 Å². The van der Waals surface area contributed by atoms with Crippen molar-refractivity contribution in [2.75, 3.05) is 39.4 Å². The molecule has 110 valence electrons. The average molecular weight is 270 g/mol. The molecule has 1 aliphatic carbocycles. The molecule has 19 heavy (non-hydrogen) atoms. The Morgan fingerprint density at radius 3 is 2.74 bits per heavy atom. The van der Waals surface area contributed by atoms with Gasteiger partial charge in [-0.2, -0.15) is 0 Å². The summed E-state index contributed by atoms with van der Waals surface area (Å²) in [4.78, 5) is 14.7. The first-order chi connectivity index (χ1) is 9.23. The van der Waals surface area contributed by atoms with Crippen LogP contribution >= 0.6 is 0 Å². The highest BCUT2D eigenvalue weighted by Gasteiger charge is 2.55. The van der Waals surface area contributed by atoms with Gasteiger partial charge in [0, 0.05) is 39.1 Å². The number of hydrogen-bond acceptors (Lipinski definition) is 5. The maximum atomic E-state index is 12.4. The molecule has 1 heterocycles. The van der Waals surface area contributed by atoms with Crippen LogP contribution in [0.15, 0.2) is 0 Å². The van der Waals surface area contributed by atoms with Crippen molar-refractivity contribution < 1.29 is 14.3 Å². The molecule has 2 rings (SSSR count). The monoisotopic (exact) mass is 270 g/mol. The SMILES string of the molecule is CCOC(=O)C1(N2CCCNCC2)CC(OCC)C1. The van der Waals surface area contributed by atoms with Gasteiger partial charge in [-0.1, -0.05) is 0 Å². The fraction of sp³-hybridized carbons (Fsp3) is 0.929. The molecule has 0 aromatic rings. The van der Waals surface area contributed by atoms with Crippen LogP contribution in [-0.4, -0.2) is 61.9 Å². The van der Waals surface area contributed by atoms with Gasteiger partial charge in [0.05, 0.1) is 12.7 Å². The summed E-state index contributed by atoms with van der Waals surface area (Å²) in [6.07, 6.45) is 2.85. The molecule has 1 saturated heterocycles. The molecule has 5 heteroatoms. The lowest BCUT2D eigenvalue weighted by Crippen LogP contribution is -2.65. The molecule has 1 saturated carbocycles. The summed E-state index contributed by atoms with van der Waals surface area (Å²) >= 11 is 0. The highest BCUT2D eigenvalue weighted by Crippen LogP contribution is 2.41. The van der Waals surface area contributed by atoms with Crippen LogP contribution in [0.4, 0.5) is 0 Å². The molecule has 0 unspecified atom stereocenters. The first-order valence-electron chi connectivity index (χ1n) is 7.47. The molecular formula is C14H26N2O3. The van der Waals surface area contributed by atoms with E-state index in [9.17, 15) is 4.79 Å². The second kappa shape index (κ2) is 6.68. The van der Waals surface area contributed by atoms with Crippen molar-refractivity contribution in [1.82, 2.24) is 10.2 Å². The largest absolute Gasteiger partial charge is 0.465 e. The number of esters is 1. The molecule has 0 aromatic heterocycles. The van der Waals surface area contributed by atoms with Crippen LogP contribution < -0.4 is 5.32 Å². The van der Waals surface area contributed by atoms with Gasteiger partial charge >= 0.3 is 5.97 Å². The van der Waals surface area contributed by atoms with Crippen LogP contribution in [0.1, 0.15) is 33.1 Å². The van der Waals surface area contributed by atoms with Gasteiger partial charge in [-0.25, -0.2) is 0 Å². The lowest BCUT2D eigenvalue weighted by Gasteiger charge is -2.51. The van der Waals surface area contributed by atoms with Gasteiger partial charge in [0.15, 0.2) is 0 Å². The number of nitrogens with zero attached hydrogens (tertiary/aromatic N) is 1. The minimum absolute atomic E-state index is 0.0622. The fourth-order valence-corrected chi connectivity index (χ4v) is 3.14. The molecule has 2 fully saturated rings. The Kier molecular flexibility index (Phi) is 5.19. The Hall–Kier alpha value is -0.650. The van der Waals surface area contributed by atoms with E-state index in [1.165, 1.54) is 0 Å². The van der Waals surface area contributed by atoms with Gasteiger partial charge in [0.2, 0.25) is 0 Å². The predicted octanol–water partition coefficient (Wildman–Crippen LogP) is 0.783. The summed E-state index contributed by atoms with van der Waals surface area (Å²) < 4.78 is 10.9. The molecule has 1 aliphatic heterocycles. The van der Waals surface area contributed by atoms with Crippen molar-refractivity contribution in [3.63, 3.8) is 0 Å². The standard InChI is InChI=1S/C14H26N2O3/c1-3-18-12-10-14(11-12,13(17)19-4-2)16-8-5-6-15-7-9-16/h12,15H,3-11H2,1-2H3. The van der Waals surface area contributed by atoms with Crippen LogP contribution in [0.2, 0.25) is 0 Å². The minimum atomic E-state index is -0.429. The second-order valence-electron chi connectivity index (χ2n) is 5.33. The van der Waals surface area contributed by atoms with E-state index in [1.807, 2.05) is 13.8 Å². The molecule has 0 atom stereocenters. The zero-order chi connectivity index (χ0) is 13.7. The van der Waals surface area contributed by atoms with E-state index in [1.54, 1.807) is 0 Å². The zero-order valence-electron chi connectivity index (χ0n) is 12.1. The molecule has 0 bridgehead atoms. The summed E-state index contributed by atoms with van der Waals surface area (Å²) in [7, 11) is 0. The summed E-state index contributed by atoms with van der Waals surface area (Å²) in [5.41, 5.74) is -0.429. The summed E-state index contributed by atoms with van der Waals surface area (Å²) in [6, 6.07) is 0. The zero-order valence-corrected chi connectivity index (χ0v) is 12.1. The third kappa shape index (κ3) is 3.09. The Balaban J connectivity index is 2.04. The van der Waals surface area contributed by atoms with Crippen LogP contribution in [0, 0.1) is 0 Å². The van der Waals surface area contributed by atoms with Crippen LogP contribution in [0.5, 0.6) is 0 Å². The number of rotatable bonds is 5. The molecule has 0 aromatic carbocycles. The topological polar surface area (TPSA) is 50.8 Å². The van der Waals surface area contributed by atoms with E-state index in [-0.39, 0.29) is 12.1 Å². The second-order valence-corrected chi connectivity index (χ2v) is 5.33. The maximum absolute atomic E-state index is 12.4. The predicted molar refractivity (Wildman–Crippen MR) is 73.1 cm³/mol. The smallest absolute Gasteiger partial charge is 0.326 e. The van der Waals surface area contributed by atoms with Crippen molar-refractivity contribution in [1.29, 1.82) is 0 Å². The van der Waals surface area contributed by atoms with Crippen LogP contribution in [-0.2, 0) is 14.3 Å². The molecule has 5 nitrogen and oxygen atoms in total. The van der Waals surface area contributed by atoms with E-state index < -0.39 is 5.54 Å². The van der Waals surface area contributed by atoms with Gasteiger partial charge in [-0.15, -0.1) is 0 Å².